The number of ether oxygens (including phenoxy) is 2. The van der Waals surface area contributed by atoms with E-state index in [1.54, 1.807) is 30.2 Å². The van der Waals surface area contributed by atoms with Gasteiger partial charge in [-0.05, 0) is 23.8 Å². The molecule has 5 heteroatoms. The molecule has 1 heterocycles. The van der Waals surface area contributed by atoms with Crippen LogP contribution < -0.4 is 4.74 Å². The smallest absolute Gasteiger partial charge is 0.227 e. The van der Waals surface area contributed by atoms with Crippen molar-refractivity contribution >= 4 is 5.91 Å². The summed E-state index contributed by atoms with van der Waals surface area (Å²) in [4.78, 5) is 14.3. The summed E-state index contributed by atoms with van der Waals surface area (Å²) in [5, 5.41) is 0. The Morgan fingerprint density at radius 2 is 2.00 bits per heavy atom. The van der Waals surface area contributed by atoms with Crippen LogP contribution in [0.15, 0.2) is 48.5 Å². The van der Waals surface area contributed by atoms with Crippen LogP contribution in [-0.4, -0.2) is 37.6 Å². The number of rotatable bonds is 4. The summed E-state index contributed by atoms with van der Waals surface area (Å²) in [5.74, 6) is 0.481. The molecule has 0 spiro atoms. The van der Waals surface area contributed by atoms with E-state index in [0.29, 0.717) is 31.7 Å². The fraction of sp³-hybridized carbons (Fsp3) is 0.316. The molecule has 0 bridgehead atoms. The summed E-state index contributed by atoms with van der Waals surface area (Å²) in [6.45, 7) is 1.31. The quantitative estimate of drug-likeness (QED) is 0.866. The van der Waals surface area contributed by atoms with Gasteiger partial charge in [0.15, 0.2) is 0 Å². The molecule has 1 fully saturated rings. The summed E-state index contributed by atoms with van der Waals surface area (Å²) >= 11 is 0. The predicted octanol–water partition coefficient (Wildman–Crippen LogP) is 2.98. The average Bonchev–Trinajstić information content (AvgIpc) is 2.63. The summed E-state index contributed by atoms with van der Waals surface area (Å²) in [7, 11) is 1.61. The van der Waals surface area contributed by atoms with E-state index in [-0.39, 0.29) is 11.7 Å². The second-order valence-corrected chi connectivity index (χ2v) is 5.75. The third kappa shape index (κ3) is 3.74. The van der Waals surface area contributed by atoms with Gasteiger partial charge in [-0.1, -0.05) is 30.3 Å². The Balaban J connectivity index is 1.65. The van der Waals surface area contributed by atoms with E-state index in [9.17, 15) is 9.18 Å². The summed E-state index contributed by atoms with van der Waals surface area (Å²) in [6.07, 6.45) is -0.103. The van der Waals surface area contributed by atoms with E-state index in [2.05, 4.69) is 0 Å². The molecule has 0 aliphatic carbocycles. The topological polar surface area (TPSA) is 38.8 Å². The molecular formula is C19H20FNO3. The minimum atomic E-state index is -0.417. The molecule has 0 N–H and O–H groups in total. The standard InChI is InChI=1S/C19H20FNO3/c1-23-15-8-6-14(7-9-15)12-19(22)21-10-11-24-18(13-21)16-4-2-3-5-17(16)20/h2-9,18H,10-13H2,1H3/t18-/m1/s1. The van der Waals surface area contributed by atoms with Crippen molar-refractivity contribution in [3.05, 3.63) is 65.5 Å². The highest BCUT2D eigenvalue weighted by Gasteiger charge is 2.26. The molecule has 1 saturated heterocycles. The minimum absolute atomic E-state index is 0.0183. The summed E-state index contributed by atoms with van der Waals surface area (Å²) < 4.78 is 24.7. The molecule has 4 nitrogen and oxygen atoms in total. The molecule has 0 aromatic heterocycles. The number of benzene rings is 2. The van der Waals surface area contributed by atoms with Gasteiger partial charge in [0, 0.05) is 12.1 Å². The zero-order valence-corrected chi connectivity index (χ0v) is 13.6. The Bertz CT molecular complexity index is 702. The van der Waals surface area contributed by atoms with Crippen LogP contribution in [0.25, 0.3) is 0 Å². The number of amides is 1. The van der Waals surface area contributed by atoms with E-state index in [1.165, 1.54) is 6.07 Å². The Labute approximate surface area is 140 Å². The molecule has 2 aromatic rings. The normalized spacial score (nSPS) is 17.6. The lowest BCUT2D eigenvalue weighted by Gasteiger charge is -2.33. The van der Waals surface area contributed by atoms with Crippen LogP contribution in [0.5, 0.6) is 5.75 Å². The Kier molecular flexibility index (Phi) is 5.11. The molecule has 1 aliphatic rings. The van der Waals surface area contributed by atoms with Gasteiger partial charge in [0.2, 0.25) is 5.91 Å². The third-order valence-corrected chi connectivity index (χ3v) is 4.19. The third-order valence-electron chi connectivity index (χ3n) is 4.19. The van der Waals surface area contributed by atoms with Crippen molar-refractivity contribution in [2.24, 2.45) is 0 Å². The first kappa shape index (κ1) is 16.5. The molecule has 3 rings (SSSR count). The lowest BCUT2D eigenvalue weighted by Crippen LogP contribution is -2.43. The lowest BCUT2D eigenvalue weighted by atomic mass is 10.1. The van der Waals surface area contributed by atoms with Crippen molar-refractivity contribution in [2.45, 2.75) is 12.5 Å². The van der Waals surface area contributed by atoms with Gasteiger partial charge in [-0.15, -0.1) is 0 Å². The van der Waals surface area contributed by atoms with E-state index < -0.39 is 6.10 Å². The molecule has 126 valence electrons. The maximum Gasteiger partial charge on any atom is 0.227 e. The van der Waals surface area contributed by atoms with Gasteiger partial charge in [-0.2, -0.15) is 0 Å². The van der Waals surface area contributed by atoms with Crippen LogP contribution in [0, 0.1) is 5.82 Å². The Morgan fingerprint density at radius 1 is 1.25 bits per heavy atom. The van der Waals surface area contributed by atoms with E-state index in [1.807, 2.05) is 24.3 Å². The molecule has 0 radical (unpaired) electrons. The number of methoxy groups -OCH3 is 1. The van der Waals surface area contributed by atoms with E-state index >= 15 is 0 Å². The molecule has 24 heavy (non-hydrogen) atoms. The average molecular weight is 329 g/mol. The first-order valence-electron chi connectivity index (χ1n) is 7.94. The molecule has 1 amide bonds. The van der Waals surface area contributed by atoms with Crippen LogP contribution in [0.4, 0.5) is 4.39 Å². The fourth-order valence-corrected chi connectivity index (χ4v) is 2.83. The molecule has 1 aliphatic heterocycles. The fourth-order valence-electron chi connectivity index (χ4n) is 2.83. The van der Waals surface area contributed by atoms with Crippen molar-refractivity contribution in [3.63, 3.8) is 0 Å². The predicted molar refractivity (Wildman–Crippen MR) is 88.4 cm³/mol. The monoisotopic (exact) mass is 329 g/mol. The molecule has 1 atom stereocenters. The first-order chi connectivity index (χ1) is 11.7. The van der Waals surface area contributed by atoms with Crippen LogP contribution in [0.2, 0.25) is 0 Å². The van der Waals surface area contributed by atoms with Crippen LogP contribution in [0.3, 0.4) is 0 Å². The molecular weight excluding hydrogens is 309 g/mol. The van der Waals surface area contributed by atoms with E-state index in [0.717, 1.165) is 11.3 Å². The second kappa shape index (κ2) is 7.45. The second-order valence-electron chi connectivity index (χ2n) is 5.75. The van der Waals surface area contributed by atoms with Crippen LogP contribution in [-0.2, 0) is 16.0 Å². The van der Waals surface area contributed by atoms with Crippen LogP contribution >= 0.6 is 0 Å². The maximum atomic E-state index is 13.9. The van der Waals surface area contributed by atoms with Gasteiger partial charge in [0.05, 0.1) is 26.7 Å². The molecule has 0 unspecified atom stereocenters. The number of carbonyl (C=O) groups excluding carboxylic acids is 1. The number of carbonyl (C=O) groups is 1. The number of hydrogen-bond donors (Lipinski definition) is 0. The van der Waals surface area contributed by atoms with Crippen molar-refractivity contribution in [1.82, 2.24) is 4.90 Å². The van der Waals surface area contributed by atoms with Gasteiger partial charge in [-0.3, -0.25) is 4.79 Å². The zero-order valence-electron chi connectivity index (χ0n) is 13.6. The number of halogens is 1. The highest BCUT2D eigenvalue weighted by atomic mass is 19.1. The van der Waals surface area contributed by atoms with Crippen molar-refractivity contribution < 1.29 is 18.7 Å². The zero-order chi connectivity index (χ0) is 16.9. The van der Waals surface area contributed by atoms with Crippen molar-refractivity contribution in [2.75, 3.05) is 26.8 Å². The Morgan fingerprint density at radius 3 is 2.71 bits per heavy atom. The van der Waals surface area contributed by atoms with Crippen molar-refractivity contribution in [1.29, 1.82) is 0 Å². The van der Waals surface area contributed by atoms with Crippen molar-refractivity contribution in [3.8, 4) is 5.75 Å². The number of morpholine rings is 1. The highest BCUT2D eigenvalue weighted by Crippen LogP contribution is 2.25. The number of nitrogens with zero attached hydrogens (tertiary/aromatic N) is 1. The lowest BCUT2D eigenvalue weighted by molar-refractivity contribution is -0.138. The SMILES string of the molecule is COc1ccc(CC(=O)N2CCO[C@@H](c3ccccc3F)C2)cc1. The maximum absolute atomic E-state index is 13.9. The molecule has 0 saturated carbocycles. The van der Waals surface area contributed by atoms with Gasteiger partial charge < -0.3 is 14.4 Å². The molecule has 2 aromatic carbocycles. The minimum Gasteiger partial charge on any atom is -0.497 e. The van der Waals surface area contributed by atoms with Crippen LogP contribution in [0.1, 0.15) is 17.2 Å². The summed E-state index contributed by atoms with van der Waals surface area (Å²) in [5.41, 5.74) is 1.43. The van der Waals surface area contributed by atoms with Gasteiger partial charge in [0.25, 0.3) is 0 Å². The largest absolute Gasteiger partial charge is 0.497 e. The number of hydrogen-bond acceptors (Lipinski definition) is 3. The van der Waals surface area contributed by atoms with Gasteiger partial charge in [0.1, 0.15) is 17.7 Å². The van der Waals surface area contributed by atoms with Gasteiger partial charge >= 0.3 is 0 Å². The first-order valence-corrected chi connectivity index (χ1v) is 7.94. The van der Waals surface area contributed by atoms with E-state index in [4.69, 9.17) is 9.47 Å². The highest BCUT2D eigenvalue weighted by molar-refractivity contribution is 5.79. The Hall–Kier alpha value is -2.40. The van der Waals surface area contributed by atoms with Gasteiger partial charge in [-0.25, -0.2) is 4.39 Å². The summed E-state index contributed by atoms with van der Waals surface area (Å²) in [6, 6.07) is 14.0.